The van der Waals surface area contributed by atoms with Gasteiger partial charge in [-0.2, -0.15) is 0 Å². The summed E-state index contributed by atoms with van der Waals surface area (Å²) < 4.78 is 13.3. The average Bonchev–Trinajstić information content (AvgIpc) is 2.56. The molecule has 1 aromatic rings. The largest absolute Gasteiger partial charge is 0.352 e. The van der Waals surface area contributed by atoms with Crippen molar-refractivity contribution in [3.63, 3.8) is 0 Å². The predicted octanol–water partition coefficient (Wildman–Crippen LogP) is 1.91. The summed E-state index contributed by atoms with van der Waals surface area (Å²) in [5.74, 6) is 0.0421. The van der Waals surface area contributed by atoms with Gasteiger partial charge >= 0.3 is 0 Å². The van der Waals surface area contributed by atoms with E-state index in [1.165, 1.54) is 6.07 Å². The Labute approximate surface area is 137 Å². The number of likely N-dealkylation sites (tertiary alicyclic amines) is 1. The Balaban J connectivity index is 1.52. The second-order valence-corrected chi connectivity index (χ2v) is 6.76. The summed E-state index contributed by atoms with van der Waals surface area (Å²) in [4.78, 5) is 14.8. The molecule has 5 heteroatoms. The molecule has 2 heterocycles. The van der Waals surface area contributed by atoms with Gasteiger partial charge in [-0.3, -0.25) is 9.69 Å². The van der Waals surface area contributed by atoms with Gasteiger partial charge in [-0.05, 0) is 56.5 Å². The number of halogens is 1. The summed E-state index contributed by atoms with van der Waals surface area (Å²) in [6.07, 6.45) is 4.17. The lowest BCUT2D eigenvalue weighted by Gasteiger charge is -2.33. The molecule has 4 nitrogen and oxygen atoms in total. The first-order valence-electron chi connectivity index (χ1n) is 8.68. The van der Waals surface area contributed by atoms with Gasteiger partial charge in [0.15, 0.2) is 0 Å². The molecule has 2 atom stereocenters. The van der Waals surface area contributed by atoms with Crippen molar-refractivity contribution in [3.8, 4) is 0 Å². The summed E-state index contributed by atoms with van der Waals surface area (Å²) in [6, 6.07) is 7.01. The molecule has 2 aliphatic rings. The fourth-order valence-corrected chi connectivity index (χ4v) is 3.60. The van der Waals surface area contributed by atoms with Gasteiger partial charge in [0, 0.05) is 25.7 Å². The number of piperidine rings is 2. The number of benzene rings is 1. The third kappa shape index (κ3) is 4.75. The maximum atomic E-state index is 13.3. The topological polar surface area (TPSA) is 44.4 Å². The van der Waals surface area contributed by atoms with Crippen LogP contribution in [-0.2, 0) is 11.3 Å². The summed E-state index contributed by atoms with van der Waals surface area (Å²) in [6.45, 7) is 4.39. The average molecular weight is 319 g/mol. The van der Waals surface area contributed by atoms with E-state index in [0.717, 1.165) is 57.4 Å². The Hall–Kier alpha value is -1.46. The van der Waals surface area contributed by atoms with Crippen molar-refractivity contribution in [2.24, 2.45) is 5.92 Å². The van der Waals surface area contributed by atoms with E-state index < -0.39 is 0 Å². The molecule has 2 unspecified atom stereocenters. The molecule has 23 heavy (non-hydrogen) atoms. The fourth-order valence-electron chi connectivity index (χ4n) is 3.60. The van der Waals surface area contributed by atoms with Crippen LogP contribution < -0.4 is 10.6 Å². The van der Waals surface area contributed by atoms with Crippen molar-refractivity contribution >= 4 is 5.91 Å². The molecule has 0 aromatic heterocycles. The SMILES string of the molecule is O=C(NC1CCCNC1)C1CCCN(Cc2cccc(F)c2)C1. The first kappa shape index (κ1) is 16.4. The van der Waals surface area contributed by atoms with E-state index in [2.05, 4.69) is 15.5 Å². The van der Waals surface area contributed by atoms with Crippen LogP contribution in [0.25, 0.3) is 0 Å². The highest BCUT2D eigenvalue weighted by Crippen LogP contribution is 2.19. The minimum Gasteiger partial charge on any atom is -0.352 e. The predicted molar refractivity (Wildman–Crippen MR) is 88.4 cm³/mol. The quantitative estimate of drug-likeness (QED) is 0.891. The van der Waals surface area contributed by atoms with Crippen molar-refractivity contribution in [1.82, 2.24) is 15.5 Å². The molecular weight excluding hydrogens is 293 g/mol. The molecule has 1 amide bonds. The van der Waals surface area contributed by atoms with Gasteiger partial charge in [-0.15, -0.1) is 0 Å². The number of hydrogen-bond acceptors (Lipinski definition) is 3. The van der Waals surface area contributed by atoms with Gasteiger partial charge in [0.1, 0.15) is 5.82 Å². The van der Waals surface area contributed by atoms with Crippen LogP contribution >= 0.6 is 0 Å². The number of nitrogens with zero attached hydrogens (tertiary/aromatic N) is 1. The highest BCUT2D eigenvalue weighted by Gasteiger charge is 2.27. The molecule has 0 radical (unpaired) electrons. The van der Waals surface area contributed by atoms with Gasteiger partial charge in [-0.25, -0.2) is 4.39 Å². The molecule has 2 N–H and O–H groups in total. The lowest BCUT2D eigenvalue weighted by Crippen LogP contribution is -2.50. The smallest absolute Gasteiger partial charge is 0.224 e. The lowest BCUT2D eigenvalue weighted by atomic mass is 9.95. The number of nitrogens with one attached hydrogen (secondary N) is 2. The fraction of sp³-hybridized carbons (Fsp3) is 0.611. The van der Waals surface area contributed by atoms with Crippen LogP contribution in [-0.4, -0.2) is 43.0 Å². The van der Waals surface area contributed by atoms with Gasteiger partial charge in [-0.1, -0.05) is 12.1 Å². The van der Waals surface area contributed by atoms with Crippen LogP contribution in [0.2, 0.25) is 0 Å². The van der Waals surface area contributed by atoms with Crippen LogP contribution in [0.5, 0.6) is 0 Å². The molecule has 0 spiro atoms. The summed E-state index contributed by atoms with van der Waals surface area (Å²) >= 11 is 0. The monoisotopic (exact) mass is 319 g/mol. The first-order chi connectivity index (χ1) is 11.2. The van der Waals surface area contributed by atoms with Crippen LogP contribution in [0, 0.1) is 11.7 Å². The van der Waals surface area contributed by atoms with Gasteiger partial charge in [0.2, 0.25) is 5.91 Å². The summed E-state index contributed by atoms with van der Waals surface area (Å²) in [5.41, 5.74) is 0.975. The normalized spacial score (nSPS) is 26.0. The summed E-state index contributed by atoms with van der Waals surface area (Å²) in [7, 11) is 0. The second-order valence-electron chi connectivity index (χ2n) is 6.76. The highest BCUT2D eigenvalue weighted by molar-refractivity contribution is 5.79. The van der Waals surface area contributed by atoms with Crippen molar-refractivity contribution < 1.29 is 9.18 Å². The van der Waals surface area contributed by atoms with E-state index in [9.17, 15) is 9.18 Å². The maximum Gasteiger partial charge on any atom is 0.224 e. The Kier molecular flexibility index (Phi) is 5.62. The van der Waals surface area contributed by atoms with E-state index >= 15 is 0 Å². The van der Waals surface area contributed by atoms with Crippen LogP contribution in [0.3, 0.4) is 0 Å². The van der Waals surface area contributed by atoms with E-state index in [0.29, 0.717) is 6.54 Å². The lowest BCUT2D eigenvalue weighted by molar-refractivity contribution is -0.127. The van der Waals surface area contributed by atoms with Crippen LogP contribution in [0.1, 0.15) is 31.2 Å². The third-order valence-electron chi connectivity index (χ3n) is 4.81. The molecule has 0 aliphatic carbocycles. The molecule has 3 rings (SSSR count). The molecule has 2 aliphatic heterocycles. The number of rotatable bonds is 4. The van der Waals surface area contributed by atoms with Crippen molar-refractivity contribution in [3.05, 3.63) is 35.6 Å². The Morgan fingerprint density at radius 2 is 2.26 bits per heavy atom. The number of carbonyl (C=O) groups is 1. The molecule has 0 saturated carbocycles. The molecule has 1 aromatic carbocycles. The van der Waals surface area contributed by atoms with Crippen molar-refractivity contribution in [1.29, 1.82) is 0 Å². The van der Waals surface area contributed by atoms with E-state index in [4.69, 9.17) is 0 Å². The number of amides is 1. The molecule has 2 fully saturated rings. The molecule has 0 bridgehead atoms. The van der Waals surface area contributed by atoms with Crippen LogP contribution in [0.15, 0.2) is 24.3 Å². The zero-order valence-electron chi connectivity index (χ0n) is 13.6. The highest BCUT2D eigenvalue weighted by atomic mass is 19.1. The minimum absolute atomic E-state index is 0.0548. The number of hydrogen-bond donors (Lipinski definition) is 2. The van der Waals surface area contributed by atoms with Crippen molar-refractivity contribution in [2.45, 2.75) is 38.3 Å². The zero-order valence-corrected chi connectivity index (χ0v) is 13.6. The summed E-state index contributed by atoms with van der Waals surface area (Å²) in [5, 5.41) is 6.52. The molecule has 2 saturated heterocycles. The van der Waals surface area contributed by atoms with E-state index in [1.807, 2.05) is 6.07 Å². The van der Waals surface area contributed by atoms with Gasteiger partial charge < -0.3 is 10.6 Å². The number of carbonyl (C=O) groups excluding carboxylic acids is 1. The van der Waals surface area contributed by atoms with E-state index in [1.54, 1.807) is 12.1 Å². The Morgan fingerprint density at radius 3 is 3.04 bits per heavy atom. The Morgan fingerprint density at radius 1 is 1.35 bits per heavy atom. The first-order valence-corrected chi connectivity index (χ1v) is 8.68. The third-order valence-corrected chi connectivity index (χ3v) is 4.81. The maximum absolute atomic E-state index is 13.3. The molecule has 126 valence electrons. The van der Waals surface area contributed by atoms with Gasteiger partial charge in [0.05, 0.1) is 5.92 Å². The Bertz CT molecular complexity index is 531. The van der Waals surface area contributed by atoms with E-state index in [-0.39, 0.29) is 23.7 Å². The van der Waals surface area contributed by atoms with Gasteiger partial charge in [0.25, 0.3) is 0 Å². The van der Waals surface area contributed by atoms with Crippen LogP contribution in [0.4, 0.5) is 4.39 Å². The minimum atomic E-state index is -0.196. The molecular formula is C18H26FN3O. The van der Waals surface area contributed by atoms with Crippen molar-refractivity contribution in [2.75, 3.05) is 26.2 Å². The second kappa shape index (κ2) is 7.88. The standard InChI is InChI=1S/C18H26FN3O/c19-16-6-1-4-14(10-16)12-22-9-3-5-15(13-22)18(23)21-17-7-2-8-20-11-17/h1,4,6,10,15,17,20H,2-3,5,7-9,11-13H2,(H,21,23). The zero-order chi connectivity index (χ0) is 16.1.